The first-order chi connectivity index (χ1) is 8.56. The number of aliphatic carboxylic acids is 1. The molecule has 0 heterocycles. The van der Waals surface area contributed by atoms with Crippen molar-refractivity contribution in [3.05, 3.63) is 12.7 Å². The van der Waals surface area contributed by atoms with Crippen molar-refractivity contribution >= 4 is 11.9 Å². The van der Waals surface area contributed by atoms with E-state index in [4.69, 9.17) is 9.84 Å². The van der Waals surface area contributed by atoms with Crippen molar-refractivity contribution in [2.75, 3.05) is 6.61 Å². The fourth-order valence-electron chi connectivity index (χ4n) is 2.12. The van der Waals surface area contributed by atoms with Crippen LogP contribution in [0.1, 0.15) is 32.6 Å². The van der Waals surface area contributed by atoms with Crippen molar-refractivity contribution in [2.45, 2.75) is 44.8 Å². The van der Waals surface area contributed by atoms with Gasteiger partial charge in [0.05, 0.1) is 6.10 Å². The number of hydrogen-bond donors (Lipinski definition) is 2. The number of carboxylic acids is 1. The standard InChI is InChI=1S/C13H21NO4/c1-3-5-11(13(16)17)14-12(15)8-9-6-10(7-9)18-4-2/h3,9-11H,1,4-8H2,2H3,(H,14,15)(H,16,17). The third-order valence-corrected chi connectivity index (χ3v) is 3.10. The summed E-state index contributed by atoms with van der Waals surface area (Å²) < 4.78 is 5.41. The third-order valence-electron chi connectivity index (χ3n) is 3.10. The van der Waals surface area contributed by atoms with Crippen LogP contribution in [0, 0.1) is 5.92 Å². The van der Waals surface area contributed by atoms with Crippen molar-refractivity contribution in [1.29, 1.82) is 0 Å². The molecule has 2 N–H and O–H groups in total. The minimum absolute atomic E-state index is 0.204. The lowest BCUT2D eigenvalue weighted by molar-refractivity contribution is -0.142. The molecule has 1 saturated carbocycles. The molecule has 0 aromatic rings. The molecule has 1 unspecified atom stereocenters. The molecule has 0 aromatic carbocycles. The normalized spacial score (nSPS) is 23.8. The van der Waals surface area contributed by atoms with E-state index in [0.717, 1.165) is 12.8 Å². The van der Waals surface area contributed by atoms with Crippen LogP contribution in [0.4, 0.5) is 0 Å². The van der Waals surface area contributed by atoms with E-state index in [0.29, 0.717) is 18.9 Å². The molecule has 102 valence electrons. The summed E-state index contributed by atoms with van der Waals surface area (Å²) in [7, 11) is 0. The Balaban J connectivity index is 2.25. The second kappa shape index (κ2) is 7.16. The minimum atomic E-state index is -1.02. The van der Waals surface area contributed by atoms with Gasteiger partial charge >= 0.3 is 5.97 Å². The molecule has 0 saturated heterocycles. The summed E-state index contributed by atoms with van der Waals surface area (Å²) in [4.78, 5) is 22.5. The van der Waals surface area contributed by atoms with Gasteiger partial charge in [0.1, 0.15) is 6.04 Å². The number of carbonyl (C=O) groups excluding carboxylic acids is 1. The summed E-state index contributed by atoms with van der Waals surface area (Å²) in [5.41, 5.74) is 0. The molecule has 1 atom stereocenters. The fraction of sp³-hybridized carbons (Fsp3) is 0.692. The van der Waals surface area contributed by atoms with Gasteiger partial charge in [-0.25, -0.2) is 4.79 Å². The molecule has 18 heavy (non-hydrogen) atoms. The number of amides is 1. The summed E-state index contributed by atoms with van der Waals surface area (Å²) in [6, 6.07) is -0.863. The topological polar surface area (TPSA) is 75.6 Å². The second-order valence-electron chi connectivity index (χ2n) is 4.60. The Morgan fingerprint density at radius 1 is 1.56 bits per heavy atom. The van der Waals surface area contributed by atoms with Crippen LogP contribution in [-0.4, -0.2) is 35.7 Å². The van der Waals surface area contributed by atoms with Crippen LogP contribution in [-0.2, 0) is 14.3 Å². The fourth-order valence-corrected chi connectivity index (χ4v) is 2.12. The van der Waals surface area contributed by atoms with Crippen molar-refractivity contribution in [2.24, 2.45) is 5.92 Å². The second-order valence-corrected chi connectivity index (χ2v) is 4.60. The Morgan fingerprint density at radius 3 is 2.72 bits per heavy atom. The largest absolute Gasteiger partial charge is 0.480 e. The van der Waals surface area contributed by atoms with Gasteiger partial charge in [-0.05, 0) is 32.1 Å². The predicted molar refractivity (Wildman–Crippen MR) is 67.1 cm³/mol. The van der Waals surface area contributed by atoms with Gasteiger partial charge in [-0.1, -0.05) is 6.08 Å². The third kappa shape index (κ3) is 4.49. The maximum absolute atomic E-state index is 11.7. The molecule has 0 spiro atoms. The van der Waals surface area contributed by atoms with Gasteiger partial charge in [0, 0.05) is 13.0 Å². The van der Waals surface area contributed by atoms with Crippen molar-refractivity contribution in [1.82, 2.24) is 5.32 Å². The van der Waals surface area contributed by atoms with E-state index in [2.05, 4.69) is 11.9 Å². The Bertz CT molecular complexity index is 310. The number of nitrogens with one attached hydrogen (secondary N) is 1. The SMILES string of the molecule is C=CCC(NC(=O)CC1CC(OCC)C1)C(=O)O. The Kier molecular flexibility index (Phi) is 5.85. The zero-order valence-corrected chi connectivity index (χ0v) is 10.7. The number of carboxylic acid groups (broad SMARTS) is 1. The first kappa shape index (κ1) is 14.7. The van der Waals surface area contributed by atoms with E-state index < -0.39 is 12.0 Å². The quantitative estimate of drug-likeness (QED) is 0.642. The van der Waals surface area contributed by atoms with Crippen LogP contribution in [0.5, 0.6) is 0 Å². The van der Waals surface area contributed by atoms with E-state index >= 15 is 0 Å². The van der Waals surface area contributed by atoms with Gasteiger partial charge in [-0.15, -0.1) is 6.58 Å². The highest BCUT2D eigenvalue weighted by Crippen LogP contribution is 2.32. The van der Waals surface area contributed by atoms with Gasteiger partial charge in [-0.3, -0.25) is 4.79 Å². The van der Waals surface area contributed by atoms with E-state index in [1.54, 1.807) is 0 Å². The lowest BCUT2D eigenvalue weighted by Gasteiger charge is -2.34. The van der Waals surface area contributed by atoms with Crippen LogP contribution >= 0.6 is 0 Å². The average Bonchev–Trinajstić information content (AvgIpc) is 2.25. The van der Waals surface area contributed by atoms with E-state index in [1.807, 2.05) is 6.92 Å². The molecular formula is C13H21NO4. The monoisotopic (exact) mass is 255 g/mol. The van der Waals surface area contributed by atoms with Gasteiger partial charge in [0.2, 0.25) is 5.91 Å². The smallest absolute Gasteiger partial charge is 0.326 e. The van der Waals surface area contributed by atoms with Crippen molar-refractivity contribution in [3.63, 3.8) is 0 Å². The first-order valence-corrected chi connectivity index (χ1v) is 6.31. The summed E-state index contributed by atoms with van der Waals surface area (Å²) >= 11 is 0. The Labute approximate surface area is 107 Å². The van der Waals surface area contributed by atoms with Gasteiger partial charge in [-0.2, -0.15) is 0 Å². The molecule has 1 aliphatic carbocycles. The van der Waals surface area contributed by atoms with Crippen LogP contribution in [0.15, 0.2) is 12.7 Å². The van der Waals surface area contributed by atoms with E-state index in [1.165, 1.54) is 6.08 Å². The van der Waals surface area contributed by atoms with Crippen LogP contribution in [0.25, 0.3) is 0 Å². The number of rotatable bonds is 8. The molecule has 0 radical (unpaired) electrons. The molecule has 1 fully saturated rings. The zero-order chi connectivity index (χ0) is 13.5. The number of ether oxygens (including phenoxy) is 1. The highest BCUT2D eigenvalue weighted by atomic mass is 16.5. The molecule has 1 rings (SSSR count). The lowest BCUT2D eigenvalue weighted by atomic mass is 9.80. The maximum atomic E-state index is 11.7. The first-order valence-electron chi connectivity index (χ1n) is 6.31. The molecule has 0 aromatic heterocycles. The molecule has 0 bridgehead atoms. The summed E-state index contributed by atoms with van der Waals surface area (Å²) in [5, 5.41) is 11.4. The lowest BCUT2D eigenvalue weighted by Crippen LogP contribution is -2.42. The minimum Gasteiger partial charge on any atom is -0.480 e. The highest BCUT2D eigenvalue weighted by molar-refractivity contribution is 5.83. The molecular weight excluding hydrogens is 234 g/mol. The van der Waals surface area contributed by atoms with Gasteiger partial charge < -0.3 is 15.2 Å². The molecule has 1 aliphatic rings. The summed E-state index contributed by atoms with van der Waals surface area (Å²) in [5.74, 6) is -0.909. The Morgan fingerprint density at radius 2 is 2.22 bits per heavy atom. The van der Waals surface area contributed by atoms with Crippen LogP contribution in [0.2, 0.25) is 0 Å². The molecule has 1 amide bonds. The summed E-state index contributed by atoms with van der Waals surface area (Å²) in [6.07, 6.45) is 4.17. The average molecular weight is 255 g/mol. The number of carbonyl (C=O) groups is 2. The summed E-state index contributed by atoms with van der Waals surface area (Å²) in [6.45, 7) is 6.13. The van der Waals surface area contributed by atoms with Gasteiger partial charge in [0.15, 0.2) is 0 Å². The number of hydrogen-bond acceptors (Lipinski definition) is 3. The van der Waals surface area contributed by atoms with E-state index in [-0.39, 0.29) is 18.4 Å². The molecule has 5 nitrogen and oxygen atoms in total. The van der Waals surface area contributed by atoms with Crippen molar-refractivity contribution < 1.29 is 19.4 Å². The zero-order valence-electron chi connectivity index (χ0n) is 10.7. The Hall–Kier alpha value is -1.36. The van der Waals surface area contributed by atoms with Crippen molar-refractivity contribution in [3.8, 4) is 0 Å². The van der Waals surface area contributed by atoms with Crippen LogP contribution < -0.4 is 5.32 Å². The predicted octanol–water partition coefficient (Wildman–Crippen LogP) is 1.34. The maximum Gasteiger partial charge on any atom is 0.326 e. The van der Waals surface area contributed by atoms with E-state index in [9.17, 15) is 9.59 Å². The molecule has 5 heteroatoms. The van der Waals surface area contributed by atoms with Gasteiger partial charge in [0.25, 0.3) is 0 Å². The van der Waals surface area contributed by atoms with Crippen LogP contribution in [0.3, 0.4) is 0 Å². The highest BCUT2D eigenvalue weighted by Gasteiger charge is 2.31. The molecule has 0 aliphatic heterocycles.